The Bertz CT molecular complexity index is 1590. The maximum absolute atomic E-state index is 14.2. The van der Waals surface area contributed by atoms with Gasteiger partial charge < -0.3 is 10.1 Å². The van der Waals surface area contributed by atoms with Crippen LogP contribution in [0.15, 0.2) is 95.5 Å². The van der Waals surface area contributed by atoms with Gasteiger partial charge in [0.15, 0.2) is 4.34 Å². The summed E-state index contributed by atoms with van der Waals surface area (Å²) in [5.41, 5.74) is 5.64. The molecular weight excluding hydrogens is 535 g/mol. The number of unbranched alkanes of at least 4 members (excludes halogenated alkanes) is 1. The second-order valence-corrected chi connectivity index (χ2v) is 12.2. The third-order valence-corrected chi connectivity index (χ3v) is 9.68. The molecule has 202 valence electrons. The number of benzene rings is 3. The summed E-state index contributed by atoms with van der Waals surface area (Å²) in [7, 11) is 0. The summed E-state index contributed by atoms with van der Waals surface area (Å²) in [6.07, 6.45) is 4.42. The van der Waals surface area contributed by atoms with E-state index in [1.165, 1.54) is 0 Å². The number of amides is 1. The predicted octanol–water partition coefficient (Wildman–Crippen LogP) is 7.64. The number of carbonyl (C=O) groups is 1. The topological polar surface area (TPSA) is 64.1 Å². The summed E-state index contributed by atoms with van der Waals surface area (Å²) in [6, 6.07) is 28.6. The molecule has 40 heavy (non-hydrogen) atoms. The number of ether oxygens (including phenoxy) is 1. The minimum atomic E-state index is -0.724. The van der Waals surface area contributed by atoms with E-state index in [1.807, 2.05) is 49.4 Å². The quantitative estimate of drug-likeness (QED) is 0.132. The third kappa shape index (κ3) is 5.11. The van der Waals surface area contributed by atoms with Crippen molar-refractivity contribution in [2.24, 2.45) is 0 Å². The number of pyridine rings is 1. The molecule has 6 rings (SSSR count). The van der Waals surface area contributed by atoms with Crippen LogP contribution in [0.5, 0.6) is 5.75 Å². The fourth-order valence-electron chi connectivity index (χ4n) is 5.63. The summed E-state index contributed by atoms with van der Waals surface area (Å²) < 4.78 is 7.86. The van der Waals surface area contributed by atoms with Crippen molar-refractivity contribution in [3.63, 3.8) is 0 Å². The van der Waals surface area contributed by atoms with E-state index < -0.39 is 5.41 Å². The third-order valence-electron chi connectivity index (χ3n) is 7.43. The van der Waals surface area contributed by atoms with Gasteiger partial charge in [0.1, 0.15) is 11.2 Å². The van der Waals surface area contributed by atoms with E-state index in [4.69, 9.17) is 9.72 Å². The molecule has 1 aliphatic carbocycles. The zero-order valence-corrected chi connectivity index (χ0v) is 24.1. The average Bonchev–Trinajstić information content (AvgIpc) is 3.53. The van der Waals surface area contributed by atoms with Crippen LogP contribution in [-0.4, -0.2) is 28.2 Å². The van der Waals surface area contributed by atoms with E-state index in [0.717, 1.165) is 73.3 Å². The smallest absolute Gasteiger partial charge is 0.235 e. The lowest BCUT2D eigenvalue weighted by Crippen LogP contribution is -2.44. The van der Waals surface area contributed by atoms with Crippen LogP contribution in [-0.2, 0) is 16.8 Å². The van der Waals surface area contributed by atoms with Crippen molar-refractivity contribution in [2.45, 2.75) is 42.5 Å². The van der Waals surface area contributed by atoms with E-state index in [1.54, 1.807) is 29.3 Å². The van der Waals surface area contributed by atoms with Crippen molar-refractivity contribution in [1.82, 2.24) is 15.3 Å². The molecule has 2 aromatic heterocycles. The summed E-state index contributed by atoms with van der Waals surface area (Å²) in [4.78, 5) is 23.4. The molecule has 3 aromatic carbocycles. The molecular formula is C33H31N3O2S2. The van der Waals surface area contributed by atoms with Crippen LogP contribution >= 0.6 is 23.1 Å². The van der Waals surface area contributed by atoms with Crippen LogP contribution in [0, 0.1) is 0 Å². The molecule has 0 spiro atoms. The molecule has 0 fully saturated rings. The first-order chi connectivity index (χ1) is 19.7. The minimum Gasteiger partial charge on any atom is -0.494 e. The second kappa shape index (κ2) is 11.8. The fourth-order valence-corrected chi connectivity index (χ4v) is 7.80. The Morgan fingerprint density at radius 1 is 0.950 bits per heavy atom. The van der Waals surface area contributed by atoms with Crippen LogP contribution in [0.1, 0.15) is 43.0 Å². The Morgan fingerprint density at radius 3 is 2.42 bits per heavy atom. The second-order valence-electron chi connectivity index (χ2n) is 9.85. The molecule has 0 radical (unpaired) electrons. The molecule has 1 aliphatic rings. The molecule has 1 amide bonds. The highest BCUT2D eigenvalue weighted by atomic mass is 32.2. The van der Waals surface area contributed by atoms with E-state index in [-0.39, 0.29) is 5.91 Å². The highest BCUT2D eigenvalue weighted by Crippen LogP contribution is 2.51. The number of nitrogens with one attached hydrogen (secondary N) is 1. The first-order valence-corrected chi connectivity index (χ1v) is 15.5. The number of rotatable bonds is 11. The normalized spacial score (nSPS) is 13.1. The average molecular weight is 566 g/mol. The highest BCUT2D eigenvalue weighted by Gasteiger charge is 2.48. The van der Waals surface area contributed by atoms with Crippen LogP contribution in [0.4, 0.5) is 0 Å². The van der Waals surface area contributed by atoms with Gasteiger partial charge in [-0.05, 0) is 72.4 Å². The van der Waals surface area contributed by atoms with Gasteiger partial charge in [-0.15, -0.1) is 11.3 Å². The lowest BCUT2D eigenvalue weighted by molar-refractivity contribution is -0.125. The minimum absolute atomic E-state index is 0.0412. The molecule has 7 heteroatoms. The van der Waals surface area contributed by atoms with Gasteiger partial charge in [-0.25, -0.2) is 4.98 Å². The van der Waals surface area contributed by atoms with Gasteiger partial charge in [0.25, 0.3) is 0 Å². The number of fused-ring (bicyclic) bond motifs is 4. The van der Waals surface area contributed by atoms with Crippen molar-refractivity contribution in [3.05, 3.63) is 108 Å². The van der Waals surface area contributed by atoms with Gasteiger partial charge in [0.05, 0.1) is 29.1 Å². The Kier molecular flexibility index (Phi) is 7.84. The van der Waals surface area contributed by atoms with Crippen LogP contribution < -0.4 is 10.1 Å². The van der Waals surface area contributed by atoms with E-state index in [0.29, 0.717) is 13.2 Å². The first kappa shape index (κ1) is 26.5. The molecule has 0 saturated carbocycles. The maximum Gasteiger partial charge on any atom is 0.235 e. The van der Waals surface area contributed by atoms with Gasteiger partial charge in [-0.1, -0.05) is 72.8 Å². The highest BCUT2D eigenvalue weighted by molar-refractivity contribution is 8.01. The van der Waals surface area contributed by atoms with Crippen molar-refractivity contribution < 1.29 is 9.53 Å². The number of hydrogen-bond acceptors (Lipinski definition) is 6. The molecule has 0 atom stereocenters. The number of nitrogens with zero attached hydrogens (tertiary/aromatic N) is 2. The summed E-state index contributed by atoms with van der Waals surface area (Å²) in [6.45, 7) is 3.06. The van der Waals surface area contributed by atoms with Gasteiger partial charge in [0.2, 0.25) is 5.91 Å². The summed E-state index contributed by atoms with van der Waals surface area (Å²) in [5.74, 6) is 1.88. The lowest BCUT2D eigenvalue weighted by atomic mass is 9.73. The number of hydrogen-bond donors (Lipinski definition) is 1. The van der Waals surface area contributed by atoms with E-state index in [9.17, 15) is 4.79 Å². The van der Waals surface area contributed by atoms with Gasteiger partial charge in [0, 0.05) is 11.9 Å². The van der Waals surface area contributed by atoms with Gasteiger partial charge in [-0.3, -0.25) is 9.78 Å². The van der Waals surface area contributed by atoms with Crippen LogP contribution in [0.2, 0.25) is 0 Å². The van der Waals surface area contributed by atoms with Crippen molar-refractivity contribution in [3.8, 4) is 16.9 Å². The number of carbonyl (C=O) groups excluding carboxylic acids is 1. The monoisotopic (exact) mass is 565 g/mol. The predicted molar refractivity (Wildman–Crippen MR) is 164 cm³/mol. The largest absolute Gasteiger partial charge is 0.494 e. The zero-order chi connectivity index (χ0) is 27.4. The number of thiazole rings is 1. The molecule has 0 bridgehead atoms. The molecule has 1 N–H and O–H groups in total. The van der Waals surface area contributed by atoms with Crippen molar-refractivity contribution >= 4 is 39.2 Å². The molecule has 0 unspecified atom stereocenters. The van der Waals surface area contributed by atoms with E-state index >= 15 is 0 Å². The summed E-state index contributed by atoms with van der Waals surface area (Å²) >= 11 is 3.50. The molecule has 5 nitrogen and oxygen atoms in total. The fraction of sp³-hybridized carbons (Fsp3) is 0.242. The molecule has 0 aliphatic heterocycles. The van der Waals surface area contributed by atoms with Crippen molar-refractivity contribution in [1.29, 1.82) is 0 Å². The van der Waals surface area contributed by atoms with Crippen LogP contribution in [0.25, 0.3) is 21.3 Å². The van der Waals surface area contributed by atoms with Crippen molar-refractivity contribution in [2.75, 3.05) is 12.4 Å². The van der Waals surface area contributed by atoms with Crippen LogP contribution in [0.3, 0.4) is 0 Å². The van der Waals surface area contributed by atoms with E-state index in [2.05, 4.69) is 52.8 Å². The maximum atomic E-state index is 14.2. The van der Waals surface area contributed by atoms with Gasteiger partial charge >= 0.3 is 0 Å². The standard InChI is InChI=1S/C33H31N3O2S2/c1-2-38-24-16-17-29-30(21-24)40-32(36-29)39-20-10-8-18-33(31(37)35-22-23-11-7-9-19-34-23)27-14-5-3-12-25(27)26-13-4-6-15-28(26)33/h3-7,9,11-17,19,21H,2,8,10,18,20,22H2,1H3,(H,35,37). The lowest BCUT2D eigenvalue weighted by Gasteiger charge is -2.31. The summed E-state index contributed by atoms with van der Waals surface area (Å²) in [5, 5.41) is 3.23. The Labute approximate surface area is 243 Å². The Balaban J connectivity index is 1.19. The number of thioether (sulfide) groups is 1. The zero-order valence-electron chi connectivity index (χ0n) is 22.4. The first-order valence-electron chi connectivity index (χ1n) is 13.7. The molecule has 2 heterocycles. The Hall–Kier alpha value is -3.68. The SMILES string of the molecule is CCOc1ccc2nc(SCCCCC3(C(=O)NCc4ccccn4)c4ccccc4-c4ccccc43)sc2c1. The van der Waals surface area contributed by atoms with Gasteiger partial charge in [-0.2, -0.15) is 0 Å². The number of aromatic nitrogens is 2. The molecule has 0 saturated heterocycles. The molecule has 5 aromatic rings. The Morgan fingerprint density at radius 2 is 1.70 bits per heavy atom.